The van der Waals surface area contributed by atoms with Gasteiger partial charge in [-0.3, -0.25) is 14.4 Å². The highest BCUT2D eigenvalue weighted by Crippen LogP contribution is 2.57. The smallest absolute Gasteiger partial charge is 0.415 e. The molecule has 0 spiro atoms. The van der Waals surface area contributed by atoms with Crippen LogP contribution in [0, 0.1) is 0 Å². The zero-order valence-corrected chi connectivity index (χ0v) is 23.6. The molecule has 13 heteroatoms. The van der Waals surface area contributed by atoms with E-state index in [1.165, 1.54) is 0 Å². The molecule has 0 bridgehead atoms. The molecular formula is C27H37N6O6P. The molecule has 2 aromatic rings. The maximum atomic E-state index is 14.6. The van der Waals surface area contributed by atoms with Gasteiger partial charge < -0.3 is 41.4 Å². The number of nitrogens with two attached hydrogens (primary N) is 2. The van der Waals surface area contributed by atoms with E-state index in [-0.39, 0.29) is 35.3 Å². The lowest BCUT2D eigenvalue weighted by molar-refractivity contribution is -0.132. The first-order valence-corrected chi connectivity index (χ1v) is 15.0. The molecule has 0 saturated carbocycles. The molecule has 2 heterocycles. The first kappa shape index (κ1) is 29.5. The van der Waals surface area contributed by atoms with Crippen molar-refractivity contribution in [3.8, 4) is 11.5 Å². The van der Waals surface area contributed by atoms with Crippen LogP contribution in [0.1, 0.15) is 39.5 Å². The standard InChI is InChI=1S/C27H37N6O6P/c1-17(28)25(34)31-19-7-11-21(12-8-19)38-40(37,24-6-4-16-33(24)27(36)23-5-3-15-30-23)39-22-13-9-20(10-14-22)32-26(35)18(2)29/h7-14,17-18,23-24,30H,3-6,15-16,28-29H2,1-2H3,(H,31,34)(H,32,35)/t17-,18+,23?,24?,40?. The van der Waals surface area contributed by atoms with Crippen LogP contribution in [0.4, 0.5) is 11.4 Å². The van der Waals surface area contributed by atoms with Crippen molar-refractivity contribution in [2.75, 3.05) is 23.7 Å². The van der Waals surface area contributed by atoms with E-state index in [0.717, 1.165) is 19.4 Å². The fourth-order valence-corrected chi connectivity index (χ4v) is 6.76. The summed E-state index contributed by atoms with van der Waals surface area (Å²) in [7, 11) is -4.02. The minimum atomic E-state index is -4.02. The Bertz CT molecular complexity index is 1180. The van der Waals surface area contributed by atoms with E-state index >= 15 is 0 Å². The van der Waals surface area contributed by atoms with E-state index in [1.54, 1.807) is 67.3 Å². The molecule has 40 heavy (non-hydrogen) atoms. The Hall–Kier alpha value is -3.44. The predicted molar refractivity (Wildman–Crippen MR) is 152 cm³/mol. The van der Waals surface area contributed by atoms with Crippen molar-refractivity contribution in [3.63, 3.8) is 0 Å². The van der Waals surface area contributed by atoms with Crippen LogP contribution in [-0.2, 0) is 18.9 Å². The summed E-state index contributed by atoms with van der Waals surface area (Å²) in [5.74, 6) is -1.09. The van der Waals surface area contributed by atoms with Crippen molar-refractivity contribution >= 4 is 36.7 Å². The molecule has 3 unspecified atom stereocenters. The average Bonchev–Trinajstić information content (AvgIpc) is 3.64. The van der Waals surface area contributed by atoms with Gasteiger partial charge in [0.25, 0.3) is 0 Å². The number of benzene rings is 2. The van der Waals surface area contributed by atoms with Gasteiger partial charge in [0.1, 0.15) is 11.5 Å². The largest absolute Gasteiger partial charge is 0.453 e. The molecule has 2 saturated heterocycles. The molecule has 0 radical (unpaired) electrons. The molecule has 0 aromatic heterocycles. The fraction of sp³-hybridized carbons (Fsp3) is 0.444. The maximum Gasteiger partial charge on any atom is 0.453 e. The van der Waals surface area contributed by atoms with Gasteiger partial charge in [-0.05, 0) is 94.6 Å². The van der Waals surface area contributed by atoms with Gasteiger partial charge in [-0.2, -0.15) is 0 Å². The van der Waals surface area contributed by atoms with Gasteiger partial charge >= 0.3 is 7.60 Å². The number of carbonyl (C=O) groups excluding carboxylic acids is 3. The van der Waals surface area contributed by atoms with Crippen LogP contribution in [0.3, 0.4) is 0 Å². The molecule has 4 rings (SSSR count). The molecule has 12 nitrogen and oxygen atoms in total. The van der Waals surface area contributed by atoms with Crippen molar-refractivity contribution < 1.29 is 28.0 Å². The highest BCUT2D eigenvalue weighted by Gasteiger charge is 2.49. The Morgan fingerprint density at radius 3 is 1.80 bits per heavy atom. The highest BCUT2D eigenvalue weighted by atomic mass is 31.2. The van der Waals surface area contributed by atoms with Gasteiger partial charge in [-0.1, -0.05) is 0 Å². The second-order valence-electron chi connectivity index (χ2n) is 10.1. The maximum absolute atomic E-state index is 14.6. The number of likely N-dealkylation sites (tertiary alicyclic amines) is 1. The Morgan fingerprint density at radius 2 is 1.38 bits per heavy atom. The Kier molecular flexibility index (Phi) is 9.47. The second kappa shape index (κ2) is 12.8. The summed E-state index contributed by atoms with van der Waals surface area (Å²) in [5, 5.41) is 8.59. The SMILES string of the molecule is C[C@H](N)C(=O)Nc1ccc(OP(=O)(Oc2ccc(NC(=O)[C@@H](C)N)cc2)C2CCCN2C(=O)C2CCCN2)cc1. The summed E-state index contributed by atoms with van der Waals surface area (Å²) in [6.45, 7) is 4.37. The van der Waals surface area contributed by atoms with Gasteiger partial charge in [0, 0.05) is 17.9 Å². The first-order chi connectivity index (χ1) is 19.1. The molecule has 7 N–H and O–H groups in total. The number of hydrogen-bond acceptors (Lipinski definition) is 9. The van der Waals surface area contributed by atoms with Gasteiger partial charge in [0.2, 0.25) is 17.7 Å². The van der Waals surface area contributed by atoms with Crippen LogP contribution in [0.25, 0.3) is 0 Å². The molecule has 0 aliphatic carbocycles. The summed E-state index contributed by atoms with van der Waals surface area (Å²) < 4.78 is 26.7. The molecule has 3 amide bonds. The number of amides is 3. The third-order valence-electron chi connectivity index (χ3n) is 6.76. The van der Waals surface area contributed by atoms with E-state index in [2.05, 4.69) is 16.0 Å². The van der Waals surface area contributed by atoms with Crippen LogP contribution >= 0.6 is 7.60 Å². The zero-order chi connectivity index (χ0) is 28.9. The van der Waals surface area contributed by atoms with Crippen LogP contribution in [0.2, 0.25) is 0 Å². The first-order valence-electron chi connectivity index (χ1n) is 13.4. The Balaban J connectivity index is 1.58. The van der Waals surface area contributed by atoms with Gasteiger partial charge in [-0.15, -0.1) is 0 Å². The lowest BCUT2D eigenvalue weighted by atomic mass is 10.2. The predicted octanol–water partition coefficient (Wildman–Crippen LogP) is 2.61. The van der Waals surface area contributed by atoms with Crippen molar-refractivity contribution in [3.05, 3.63) is 48.5 Å². The zero-order valence-electron chi connectivity index (χ0n) is 22.7. The van der Waals surface area contributed by atoms with Crippen molar-refractivity contribution in [1.82, 2.24) is 10.2 Å². The topological polar surface area (TPSA) is 178 Å². The third-order valence-corrected chi connectivity index (χ3v) is 8.96. The average molecular weight is 573 g/mol. The van der Waals surface area contributed by atoms with E-state index < -0.39 is 25.5 Å². The number of rotatable bonds is 10. The monoisotopic (exact) mass is 572 g/mol. The summed E-state index contributed by atoms with van der Waals surface area (Å²) in [6.07, 6.45) is 2.72. The minimum Gasteiger partial charge on any atom is -0.415 e. The molecule has 2 aliphatic rings. The number of nitrogens with zero attached hydrogens (tertiary/aromatic N) is 1. The third kappa shape index (κ3) is 7.19. The molecule has 2 aromatic carbocycles. The quantitative estimate of drug-likeness (QED) is 0.268. The molecule has 2 aliphatic heterocycles. The number of nitrogens with one attached hydrogen (secondary N) is 3. The minimum absolute atomic E-state index is 0.115. The summed E-state index contributed by atoms with van der Waals surface area (Å²) in [5.41, 5.74) is 12.2. The second-order valence-corrected chi connectivity index (χ2v) is 12.2. The van der Waals surface area contributed by atoms with Crippen LogP contribution < -0.4 is 36.5 Å². The summed E-state index contributed by atoms with van der Waals surface area (Å²) in [4.78, 5) is 38.8. The van der Waals surface area contributed by atoms with Crippen molar-refractivity contribution in [2.24, 2.45) is 11.5 Å². The van der Waals surface area contributed by atoms with Crippen molar-refractivity contribution in [2.45, 2.75) is 63.4 Å². The fourth-order valence-electron chi connectivity index (χ4n) is 4.58. The number of anilines is 2. The van der Waals surface area contributed by atoms with Gasteiger partial charge in [0.05, 0.1) is 18.1 Å². The van der Waals surface area contributed by atoms with Crippen molar-refractivity contribution in [1.29, 1.82) is 0 Å². The van der Waals surface area contributed by atoms with Crippen LogP contribution in [-0.4, -0.2) is 59.6 Å². The summed E-state index contributed by atoms with van der Waals surface area (Å²) >= 11 is 0. The summed E-state index contributed by atoms with van der Waals surface area (Å²) in [6, 6.07) is 11.0. The molecule has 5 atom stereocenters. The van der Waals surface area contributed by atoms with E-state index in [0.29, 0.717) is 30.8 Å². The van der Waals surface area contributed by atoms with Crippen LogP contribution in [0.15, 0.2) is 48.5 Å². The van der Waals surface area contributed by atoms with Crippen LogP contribution in [0.5, 0.6) is 11.5 Å². The normalized spacial score (nSPS) is 21.6. The molecule has 2 fully saturated rings. The lowest BCUT2D eigenvalue weighted by Crippen LogP contribution is -2.46. The lowest BCUT2D eigenvalue weighted by Gasteiger charge is -2.32. The Labute approximate surface area is 233 Å². The van der Waals surface area contributed by atoms with E-state index in [9.17, 15) is 18.9 Å². The van der Waals surface area contributed by atoms with Gasteiger partial charge in [-0.25, -0.2) is 4.57 Å². The molecular weight excluding hydrogens is 535 g/mol. The highest BCUT2D eigenvalue weighted by molar-refractivity contribution is 7.55. The molecule has 216 valence electrons. The number of carbonyl (C=O) groups is 3. The Morgan fingerprint density at radius 1 is 0.875 bits per heavy atom. The van der Waals surface area contributed by atoms with E-state index in [1.807, 2.05) is 0 Å². The number of hydrogen-bond donors (Lipinski definition) is 5. The van der Waals surface area contributed by atoms with E-state index in [4.69, 9.17) is 20.5 Å². The van der Waals surface area contributed by atoms with Gasteiger partial charge in [0.15, 0.2) is 5.78 Å².